The number of aryl methyl sites for hydroxylation is 1. The number of ether oxygens (including phenoxy) is 2. The second-order valence-corrected chi connectivity index (χ2v) is 4.69. The quantitative estimate of drug-likeness (QED) is 0.868. The number of para-hydroxylation sites is 1. The molecule has 7 heteroatoms. The van der Waals surface area contributed by atoms with Gasteiger partial charge >= 0.3 is 0 Å². The van der Waals surface area contributed by atoms with Gasteiger partial charge in [0.1, 0.15) is 5.82 Å². The summed E-state index contributed by atoms with van der Waals surface area (Å²) in [6.45, 7) is 2.59. The third-order valence-electron chi connectivity index (χ3n) is 3.14. The predicted octanol–water partition coefficient (Wildman–Crippen LogP) is 1.42. The molecule has 0 aliphatic carbocycles. The highest BCUT2D eigenvalue weighted by Gasteiger charge is 2.18. The van der Waals surface area contributed by atoms with Crippen LogP contribution in [0.5, 0.6) is 11.5 Å². The molecule has 0 spiro atoms. The van der Waals surface area contributed by atoms with Gasteiger partial charge in [0.2, 0.25) is 12.6 Å². The zero-order valence-electron chi connectivity index (χ0n) is 11.7. The number of benzene rings is 1. The van der Waals surface area contributed by atoms with Crippen molar-refractivity contribution in [3.63, 3.8) is 0 Å². The molecule has 0 atom stereocenters. The van der Waals surface area contributed by atoms with E-state index in [1.54, 1.807) is 0 Å². The van der Waals surface area contributed by atoms with E-state index in [4.69, 9.17) is 9.47 Å². The minimum Gasteiger partial charge on any atom is -0.454 e. The maximum absolute atomic E-state index is 12.0. The Bertz CT molecular complexity index is 653. The van der Waals surface area contributed by atoms with Crippen molar-refractivity contribution < 1.29 is 14.3 Å². The first-order valence-electron chi connectivity index (χ1n) is 6.85. The zero-order chi connectivity index (χ0) is 14.7. The van der Waals surface area contributed by atoms with Crippen molar-refractivity contribution in [1.82, 2.24) is 20.5 Å². The highest BCUT2D eigenvalue weighted by molar-refractivity contribution is 5.90. The van der Waals surface area contributed by atoms with E-state index in [0.29, 0.717) is 18.0 Å². The Hall–Kier alpha value is -2.57. The number of aromatic amines is 1. The summed E-state index contributed by atoms with van der Waals surface area (Å²) in [5.74, 6) is 1.94. The van der Waals surface area contributed by atoms with Gasteiger partial charge in [0.15, 0.2) is 11.5 Å². The summed E-state index contributed by atoms with van der Waals surface area (Å²) in [5, 5.41) is 9.46. The normalized spacial score (nSPS) is 12.4. The van der Waals surface area contributed by atoms with Gasteiger partial charge in [-0.1, -0.05) is 19.1 Å². The number of carbonyl (C=O) groups excluding carboxylic acids is 1. The first-order valence-corrected chi connectivity index (χ1v) is 6.85. The second kappa shape index (κ2) is 5.82. The van der Waals surface area contributed by atoms with E-state index in [1.165, 1.54) is 0 Å². The Morgan fingerprint density at radius 2 is 2.33 bits per heavy atom. The number of rotatable bonds is 5. The highest BCUT2D eigenvalue weighted by Crippen LogP contribution is 2.35. The van der Waals surface area contributed by atoms with E-state index in [-0.39, 0.29) is 18.5 Å². The van der Waals surface area contributed by atoms with Crippen molar-refractivity contribution in [2.75, 3.05) is 6.79 Å². The number of nitrogens with one attached hydrogen (secondary N) is 2. The summed E-state index contributed by atoms with van der Waals surface area (Å²) in [7, 11) is 0. The average molecular weight is 288 g/mol. The van der Waals surface area contributed by atoms with Crippen LogP contribution in [0.15, 0.2) is 18.2 Å². The molecular weight excluding hydrogens is 272 g/mol. The Kier molecular flexibility index (Phi) is 3.72. The first-order chi connectivity index (χ1) is 10.3. The van der Waals surface area contributed by atoms with Crippen LogP contribution in [0.1, 0.15) is 35.4 Å². The minimum absolute atomic E-state index is 0.156. The standard InChI is InChI=1S/C14H16N4O3/c1-2-4-11-16-13(18-17-11)14(19)15-7-9-5-3-6-10-12(9)21-8-20-10/h3,5-6H,2,4,7-8H2,1H3,(H,15,19)(H,16,17,18). The first kappa shape index (κ1) is 13.4. The molecule has 1 aromatic heterocycles. The summed E-state index contributed by atoms with van der Waals surface area (Å²) in [4.78, 5) is 16.2. The number of hydrogen-bond donors (Lipinski definition) is 2. The van der Waals surface area contributed by atoms with Crippen molar-refractivity contribution in [2.45, 2.75) is 26.3 Å². The molecule has 3 rings (SSSR count). The van der Waals surface area contributed by atoms with Crippen molar-refractivity contribution in [3.05, 3.63) is 35.4 Å². The molecular formula is C14H16N4O3. The third-order valence-corrected chi connectivity index (χ3v) is 3.14. The van der Waals surface area contributed by atoms with Gasteiger partial charge in [0.05, 0.1) is 0 Å². The van der Waals surface area contributed by atoms with Crippen LogP contribution >= 0.6 is 0 Å². The van der Waals surface area contributed by atoms with Gasteiger partial charge in [0.25, 0.3) is 5.91 Å². The zero-order valence-corrected chi connectivity index (χ0v) is 11.7. The topological polar surface area (TPSA) is 89.1 Å². The van der Waals surface area contributed by atoms with E-state index in [9.17, 15) is 4.79 Å². The maximum atomic E-state index is 12.0. The smallest absolute Gasteiger partial charge is 0.291 e. The lowest BCUT2D eigenvalue weighted by molar-refractivity contribution is 0.0940. The molecule has 0 saturated heterocycles. The number of H-pyrrole nitrogens is 1. The van der Waals surface area contributed by atoms with Gasteiger partial charge in [0, 0.05) is 18.5 Å². The molecule has 21 heavy (non-hydrogen) atoms. The lowest BCUT2D eigenvalue weighted by atomic mass is 10.2. The number of amides is 1. The summed E-state index contributed by atoms with van der Waals surface area (Å²) >= 11 is 0. The number of nitrogens with zero attached hydrogens (tertiary/aromatic N) is 2. The fourth-order valence-electron chi connectivity index (χ4n) is 2.13. The van der Waals surface area contributed by atoms with Gasteiger partial charge < -0.3 is 14.8 Å². The lowest BCUT2D eigenvalue weighted by Gasteiger charge is -2.06. The third kappa shape index (κ3) is 2.81. The predicted molar refractivity (Wildman–Crippen MR) is 74.1 cm³/mol. The summed E-state index contributed by atoms with van der Waals surface area (Å²) in [6, 6.07) is 5.58. The van der Waals surface area contributed by atoms with Crippen LogP contribution in [0, 0.1) is 0 Å². The molecule has 0 unspecified atom stereocenters. The number of hydrogen-bond acceptors (Lipinski definition) is 5. The van der Waals surface area contributed by atoms with E-state index < -0.39 is 0 Å². The van der Waals surface area contributed by atoms with Crippen molar-refractivity contribution in [2.24, 2.45) is 0 Å². The van der Waals surface area contributed by atoms with Crippen molar-refractivity contribution in [3.8, 4) is 11.5 Å². The molecule has 7 nitrogen and oxygen atoms in total. The van der Waals surface area contributed by atoms with Crippen LogP contribution in [0.3, 0.4) is 0 Å². The molecule has 0 radical (unpaired) electrons. The molecule has 1 aromatic carbocycles. The number of carbonyl (C=O) groups is 1. The molecule has 0 fully saturated rings. The molecule has 110 valence electrons. The molecule has 2 N–H and O–H groups in total. The largest absolute Gasteiger partial charge is 0.454 e. The number of aromatic nitrogens is 3. The fourth-order valence-corrected chi connectivity index (χ4v) is 2.13. The van der Waals surface area contributed by atoms with Crippen LogP contribution in [-0.4, -0.2) is 27.9 Å². The van der Waals surface area contributed by atoms with E-state index in [1.807, 2.05) is 25.1 Å². The van der Waals surface area contributed by atoms with Gasteiger partial charge in [-0.05, 0) is 12.5 Å². The molecule has 1 amide bonds. The van der Waals surface area contributed by atoms with E-state index in [2.05, 4.69) is 20.5 Å². The summed E-state index contributed by atoms with van der Waals surface area (Å²) < 4.78 is 10.7. The van der Waals surface area contributed by atoms with Crippen LogP contribution in [0.4, 0.5) is 0 Å². The SMILES string of the molecule is CCCc1nc(C(=O)NCc2cccc3c2OCO3)n[nH]1. The maximum Gasteiger partial charge on any atom is 0.291 e. The van der Waals surface area contributed by atoms with Gasteiger partial charge in [-0.3, -0.25) is 9.89 Å². The monoisotopic (exact) mass is 288 g/mol. The van der Waals surface area contributed by atoms with Crippen LogP contribution in [0.25, 0.3) is 0 Å². The molecule has 2 heterocycles. The molecule has 1 aliphatic heterocycles. The van der Waals surface area contributed by atoms with Gasteiger partial charge in [-0.2, -0.15) is 0 Å². The average Bonchev–Trinajstić information content (AvgIpc) is 3.13. The lowest BCUT2D eigenvalue weighted by Crippen LogP contribution is -2.24. The van der Waals surface area contributed by atoms with Crippen LogP contribution < -0.4 is 14.8 Å². The second-order valence-electron chi connectivity index (χ2n) is 4.69. The summed E-state index contributed by atoms with van der Waals surface area (Å²) in [5.41, 5.74) is 0.864. The fraction of sp³-hybridized carbons (Fsp3) is 0.357. The Balaban J connectivity index is 1.64. The molecule has 2 aromatic rings. The highest BCUT2D eigenvalue weighted by atomic mass is 16.7. The Morgan fingerprint density at radius 3 is 3.19 bits per heavy atom. The van der Waals surface area contributed by atoms with Crippen LogP contribution in [-0.2, 0) is 13.0 Å². The van der Waals surface area contributed by atoms with Gasteiger partial charge in [-0.15, -0.1) is 5.10 Å². The Labute approximate surface area is 121 Å². The number of fused-ring (bicyclic) bond motifs is 1. The van der Waals surface area contributed by atoms with Crippen molar-refractivity contribution in [1.29, 1.82) is 0 Å². The Morgan fingerprint density at radius 1 is 1.43 bits per heavy atom. The molecule has 1 aliphatic rings. The molecule has 0 bridgehead atoms. The summed E-state index contributed by atoms with van der Waals surface area (Å²) in [6.07, 6.45) is 1.72. The van der Waals surface area contributed by atoms with Crippen LogP contribution in [0.2, 0.25) is 0 Å². The van der Waals surface area contributed by atoms with Crippen molar-refractivity contribution >= 4 is 5.91 Å². The van der Waals surface area contributed by atoms with E-state index in [0.717, 1.165) is 24.2 Å². The van der Waals surface area contributed by atoms with E-state index >= 15 is 0 Å². The molecule has 0 saturated carbocycles. The minimum atomic E-state index is -0.315. The van der Waals surface area contributed by atoms with Gasteiger partial charge in [-0.25, -0.2) is 4.98 Å².